The standard InChI is InChI=1S/C9H14N2O2/c1-8-7-13-6-2-5-11(8)9(12)3-4-10/h8H,2-3,5-7H2,1H3. The summed E-state index contributed by atoms with van der Waals surface area (Å²) in [6.45, 7) is 3.94. The smallest absolute Gasteiger partial charge is 0.237 e. The summed E-state index contributed by atoms with van der Waals surface area (Å²) in [7, 11) is 0. The molecule has 1 fully saturated rings. The highest BCUT2D eigenvalue weighted by molar-refractivity contribution is 5.78. The summed E-state index contributed by atoms with van der Waals surface area (Å²) >= 11 is 0. The number of carbonyl (C=O) groups is 1. The molecular formula is C9H14N2O2. The van der Waals surface area contributed by atoms with Gasteiger partial charge in [0.2, 0.25) is 5.91 Å². The highest BCUT2D eigenvalue weighted by Gasteiger charge is 2.21. The summed E-state index contributed by atoms with van der Waals surface area (Å²) in [5.41, 5.74) is 0. The molecule has 0 aromatic heterocycles. The molecule has 4 nitrogen and oxygen atoms in total. The lowest BCUT2D eigenvalue weighted by atomic mass is 10.2. The summed E-state index contributed by atoms with van der Waals surface area (Å²) in [6.07, 6.45) is 0.839. The Kier molecular flexibility index (Phi) is 3.71. The van der Waals surface area contributed by atoms with Gasteiger partial charge in [0.15, 0.2) is 0 Å². The molecule has 0 aromatic carbocycles. The normalized spacial score (nSPS) is 23.4. The Balaban J connectivity index is 2.54. The van der Waals surface area contributed by atoms with Crippen LogP contribution < -0.4 is 0 Å². The fourth-order valence-corrected chi connectivity index (χ4v) is 1.44. The van der Waals surface area contributed by atoms with Gasteiger partial charge in [0, 0.05) is 13.2 Å². The van der Waals surface area contributed by atoms with Crippen molar-refractivity contribution >= 4 is 5.91 Å². The molecule has 0 aliphatic carbocycles. The van der Waals surface area contributed by atoms with Gasteiger partial charge >= 0.3 is 0 Å². The molecule has 0 spiro atoms. The first-order valence-corrected chi connectivity index (χ1v) is 4.50. The number of rotatable bonds is 1. The van der Waals surface area contributed by atoms with Gasteiger partial charge in [-0.3, -0.25) is 4.79 Å². The first-order valence-electron chi connectivity index (χ1n) is 4.50. The van der Waals surface area contributed by atoms with Crippen molar-refractivity contribution in [2.75, 3.05) is 19.8 Å². The largest absolute Gasteiger partial charge is 0.379 e. The predicted octanol–water partition coefficient (Wildman–Crippen LogP) is 0.537. The maximum absolute atomic E-state index is 11.4. The van der Waals surface area contributed by atoms with E-state index in [-0.39, 0.29) is 18.4 Å². The summed E-state index contributed by atoms with van der Waals surface area (Å²) < 4.78 is 5.29. The van der Waals surface area contributed by atoms with E-state index in [0.717, 1.165) is 6.42 Å². The molecule has 1 saturated heterocycles. The second kappa shape index (κ2) is 4.83. The van der Waals surface area contributed by atoms with E-state index in [2.05, 4.69) is 0 Å². The summed E-state index contributed by atoms with van der Waals surface area (Å²) in [5.74, 6) is -0.0829. The van der Waals surface area contributed by atoms with Crippen LogP contribution in [0.4, 0.5) is 0 Å². The average Bonchev–Trinajstić information content (AvgIpc) is 2.30. The molecule has 0 radical (unpaired) electrons. The molecule has 0 aromatic rings. The summed E-state index contributed by atoms with van der Waals surface area (Å²) in [4.78, 5) is 13.1. The Morgan fingerprint density at radius 1 is 1.77 bits per heavy atom. The van der Waals surface area contributed by atoms with Crippen molar-refractivity contribution in [3.8, 4) is 6.07 Å². The number of nitrogens with zero attached hydrogens (tertiary/aromatic N) is 2. The van der Waals surface area contributed by atoms with Crippen LogP contribution in [0, 0.1) is 11.3 Å². The first-order chi connectivity index (χ1) is 6.25. The van der Waals surface area contributed by atoms with E-state index in [4.69, 9.17) is 10.00 Å². The number of hydrogen-bond acceptors (Lipinski definition) is 3. The molecule has 1 amide bonds. The van der Waals surface area contributed by atoms with Crippen molar-refractivity contribution in [3.05, 3.63) is 0 Å². The van der Waals surface area contributed by atoms with E-state index in [9.17, 15) is 4.79 Å². The molecule has 1 aliphatic heterocycles. The highest BCUT2D eigenvalue weighted by Crippen LogP contribution is 2.08. The number of carbonyl (C=O) groups excluding carboxylic acids is 1. The molecule has 1 atom stereocenters. The van der Waals surface area contributed by atoms with E-state index >= 15 is 0 Å². The molecule has 1 aliphatic rings. The van der Waals surface area contributed by atoms with E-state index in [1.54, 1.807) is 4.90 Å². The van der Waals surface area contributed by atoms with Gasteiger partial charge in [0.25, 0.3) is 0 Å². The predicted molar refractivity (Wildman–Crippen MR) is 46.8 cm³/mol. The summed E-state index contributed by atoms with van der Waals surface area (Å²) in [6, 6.07) is 1.97. The SMILES string of the molecule is CC1COCCCN1C(=O)CC#N. The van der Waals surface area contributed by atoms with Crippen LogP contribution in [0.1, 0.15) is 19.8 Å². The molecule has 0 saturated carbocycles. The second-order valence-electron chi connectivity index (χ2n) is 3.20. The van der Waals surface area contributed by atoms with Crippen molar-refractivity contribution in [2.24, 2.45) is 0 Å². The lowest BCUT2D eigenvalue weighted by Crippen LogP contribution is -2.39. The Morgan fingerprint density at radius 3 is 3.23 bits per heavy atom. The number of ether oxygens (including phenoxy) is 1. The monoisotopic (exact) mass is 182 g/mol. The van der Waals surface area contributed by atoms with Crippen LogP contribution in [-0.4, -0.2) is 36.6 Å². The van der Waals surface area contributed by atoms with Crippen molar-refractivity contribution in [3.63, 3.8) is 0 Å². The Bertz CT molecular complexity index is 222. The van der Waals surface area contributed by atoms with E-state index in [1.807, 2.05) is 13.0 Å². The topological polar surface area (TPSA) is 53.3 Å². The molecule has 4 heteroatoms. The highest BCUT2D eigenvalue weighted by atomic mass is 16.5. The fraction of sp³-hybridized carbons (Fsp3) is 0.778. The third-order valence-electron chi connectivity index (χ3n) is 2.13. The van der Waals surface area contributed by atoms with Gasteiger partial charge < -0.3 is 9.64 Å². The molecule has 0 bridgehead atoms. The molecular weight excluding hydrogens is 168 g/mol. The zero-order valence-electron chi connectivity index (χ0n) is 7.82. The lowest BCUT2D eigenvalue weighted by molar-refractivity contribution is -0.132. The quantitative estimate of drug-likeness (QED) is 0.594. The van der Waals surface area contributed by atoms with Crippen molar-refractivity contribution in [1.29, 1.82) is 5.26 Å². The number of amides is 1. The third kappa shape index (κ3) is 2.71. The fourth-order valence-electron chi connectivity index (χ4n) is 1.44. The number of nitriles is 1. The van der Waals surface area contributed by atoms with Gasteiger partial charge in [0.05, 0.1) is 18.7 Å². The van der Waals surface area contributed by atoms with Crippen molar-refractivity contribution < 1.29 is 9.53 Å². The maximum atomic E-state index is 11.4. The van der Waals surface area contributed by atoms with Crippen molar-refractivity contribution in [2.45, 2.75) is 25.8 Å². The summed E-state index contributed by atoms with van der Waals surface area (Å²) in [5, 5.41) is 8.40. The average molecular weight is 182 g/mol. The van der Waals surface area contributed by atoms with Gasteiger partial charge in [-0.1, -0.05) is 0 Å². The van der Waals surface area contributed by atoms with Gasteiger partial charge in [-0.25, -0.2) is 0 Å². The van der Waals surface area contributed by atoms with Crippen molar-refractivity contribution in [1.82, 2.24) is 4.90 Å². The second-order valence-corrected chi connectivity index (χ2v) is 3.20. The zero-order chi connectivity index (χ0) is 9.68. The van der Waals surface area contributed by atoms with E-state index in [1.165, 1.54) is 0 Å². The van der Waals surface area contributed by atoms with E-state index < -0.39 is 0 Å². The molecule has 0 N–H and O–H groups in total. The third-order valence-corrected chi connectivity index (χ3v) is 2.13. The molecule has 13 heavy (non-hydrogen) atoms. The van der Waals surface area contributed by atoms with Crippen LogP contribution in [0.3, 0.4) is 0 Å². The molecule has 72 valence electrons. The molecule has 1 heterocycles. The maximum Gasteiger partial charge on any atom is 0.237 e. The lowest BCUT2D eigenvalue weighted by Gasteiger charge is -2.25. The minimum Gasteiger partial charge on any atom is -0.379 e. The molecule has 1 unspecified atom stereocenters. The first kappa shape index (κ1) is 10.0. The zero-order valence-corrected chi connectivity index (χ0v) is 7.82. The Morgan fingerprint density at radius 2 is 2.54 bits per heavy atom. The number of hydrogen-bond donors (Lipinski definition) is 0. The minimum absolute atomic E-state index is 0.0235. The van der Waals surface area contributed by atoms with E-state index in [0.29, 0.717) is 19.8 Å². The Hall–Kier alpha value is -1.08. The van der Waals surface area contributed by atoms with Gasteiger partial charge in [-0.2, -0.15) is 5.26 Å². The van der Waals surface area contributed by atoms with Gasteiger partial charge in [-0.15, -0.1) is 0 Å². The van der Waals surface area contributed by atoms with Crippen LogP contribution >= 0.6 is 0 Å². The van der Waals surface area contributed by atoms with Crippen LogP contribution in [0.25, 0.3) is 0 Å². The Labute approximate surface area is 78.1 Å². The minimum atomic E-state index is -0.0829. The van der Waals surface area contributed by atoms with Crippen LogP contribution in [0.5, 0.6) is 0 Å². The van der Waals surface area contributed by atoms with Crippen LogP contribution in [0.2, 0.25) is 0 Å². The van der Waals surface area contributed by atoms with Crippen LogP contribution in [0.15, 0.2) is 0 Å². The van der Waals surface area contributed by atoms with Gasteiger partial charge in [-0.05, 0) is 13.3 Å². The molecule has 1 rings (SSSR count). The van der Waals surface area contributed by atoms with Crippen LogP contribution in [-0.2, 0) is 9.53 Å². The van der Waals surface area contributed by atoms with Gasteiger partial charge in [0.1, 0.15) is 6.42 Å².